The number of likely N-dealkylation sites (N-methyl/N-ethyl adjacent to an activating group) is 1. The Morgan fingerprint density at radius 1 is 1.05 bits per heavy atom. The van der Waals surface area contributed by atoms with E-state index in [1.54, 1.807) is 23.5 Å². The zero-order valence-electron chi connectivity index (χ0n) is 23.1. The number of anilines is 2. The molecule has 9 heteroatoms. The first-order valence-electron chi connectivity index (χ1n) is 14.0. The number of rotatable bonds is 8. The molecule has 3 N–H and O–H groups in total. The second-order valence-electron chi connectivity index (χ2n) is 10.8. The van der Waals surface area contributed by atoms with Crippen molar-refractivity contribution in [2.24, 2.45) is 0 Å². The summed E-state index contributed by atoms with van der Waals surface area (Å²) in [4.78, 5) is 16.7. The number of nitrogens with zero attached hydrogens (tertiary/aromatic N) is 3. The Morgan fingerprint density at radius 2 is 1.77 bits per heavy atom. The van der Waals surface area contributed by atoms with E-state index in [9.17, 15) is 23.4 Å². The van der Waals surface area contributed by atoms with Gasteiger partial charge < -0.3 is 10.0 Å². The van der Waals surface area contributed by atoms with E-state index in [4.69, 9.17) is 0 Å². The van der Waals surface area contributed by atoms with Crippen molar-refractivity contribution in [3.05, 3.63) is 77.6 Å². The lowest BCUT2D eigenvalue weighted by atomic mass is 9.96. The van der Waals surface area contributed by atoms with Gasteiger partial charge in [-0.05, 0) is 85.4 Å². The van der Waals surface area contributed by atoms with Crippen molar-refractivity contribution in [3.63, 3.8) is 0 Å². The first kappa shape index (κ1) is 28.6. The number of carbonyl (C=O) groups is 1. The average molecular weight is 568 g/mol. The van der Waals surface area contributed by atoms with Crippen molar-refractivity contribution in [2.75, 3.05) is 31.6 Å². The van der Waals surface area contributed by atoms with Gasteiger partial charge in [-0.25, -0.2) is 13.5 Å². The molecule has 3 aromatic rings. The van der Waals surface area contributed by atoms with E-state index in [2.05, 4.69) is 16.7 Å². The molecule has 2 heterocycles. The van der Waals surface area contributed by atoms with Crippen LogP contribution in [0.3, 0.4) is 0 Å². The molecule has 1 saturated heterocycles. The van der Waals surface area contributed by atoms with E-state index in [1.165, 1.54) is 12.1 Å². The minimum atomic E-state index is -3.40. The topological polar surface area (TPSA) is 87.5 Å². The van der Waals surface area contributed by atoms with Gasteiger partial charge in [0.1, 0.15) is 5.82 Å². The maximum atomic E-state index is 14.4. The molecule has 1 fully saturated rings. The number of carboxylic acid groups (broad SMARTS) is 1. The molecule has 5 rings (SSSR count). The molecule has 214 valence electrons. The van der Waals surface area contributed by atoms with Crippen LogP contribution < -0.4 is 4.90 Å². The highest BCUT2D eigenvalue weighted by Gasteiger charge is 2.38. The van der Waals surface area contributed by atoms with E-state index in [0.717, 1.165) is 62.1 Å². The van der Waals surface area contributed by atoms with E-state index < -0.39 is 28.1 Å². The number of halogens is 1. The van der Waals surface area contributed by atoms with Crippen LogP contribution in [0.1, 0.15) is 54.9 Å². The van der Waals surface area contributed by atoms with Gasteiger partial charge in [0.25, 0.3) is 0 Å². The number of fused-ring (bicyclic) bond motifs is 1. The maximum Gasteiger partial charge on any atom is 0.338 e. The summed E-state index contributed by atoms with van der Waals surface area (Å²) >= 11 is 0. The first-order valence-corrected chi connectivity index (χ1v) is 15.5. The number of hydrogen-bond acceptors (Lipinski definition) is 6. The number of unbranched alkanes of at least 4 members (excludes halogenated alkanes) is 1. The number of likely N-dealkylation sites (tertiary alicyclic amines) is 1. The number of benzene rings is 3. The smallest absolute Gasteiger partial charge is 0.338 e. The van der Waals surface area contributed by atoms with Gasteiger partial charge >= 0.3 is 5.97 Å². The van der Waals surface area contributed by atoms with Gasteiger partial charge in [0.2, 0.25) is 0 Å². The fourth-order valence-electron chi connectivity index (χ4n) is 5.83. The standard InChI is InChI=1S/C31H38FN3O4S/c1-3-4-10-25-21-35(24-11-6-5-7-12-24)29-18-23(20-34-15-8-9-16-34)26(19-30(29)40(38,39)33(25)2)22-13-14-28(32)27(17-22)31(36)37/h5-7,11-14,17-19,25,38-39H,3-4,8-10,15-16,20-21H2,1-2H3,(H,36,37). The number of carboxylic acids is 1. The van der Waals surface area contributed by atoms with Crippen LogP contribution in [-0.4, -0.2) is 62.1 Å². The molecule has 1 atom stereocenters. The third kappa shape index (κ3) is 5.62. The maximum absolute atomic E-state index is 14.4. The summed E-state index contributed by atoms with van der Waals surface area (Å²) in [5.74, 6) is -2.14. The average Bonchev–Trinajstić information content (AvgIpc) is 3.44. The summed E-state index contributed by atoms with van der Waals surface area (Å²) < 4.78 is 39.7. The normalized spacial score (nSPS) is 20.2. The molecule has 2 aliphatic rings. The van der Waals surface area contributed by atoms with E-state index in [-0.39, 0.29) is 6.04 Å². The number of hydrogen-bond donors (Lipinski definition) is 3. The molecule has 40 heavy (non-hydrogen) atoms. The Hall–Kier alpha value is -2.95. The van der Waals surface area contributed by atoms with Crippen molar-refractivity contribution in [3.8, 4) is 11.1 Å². The highest BCUT2D eigenvalue weighted by atomic mass is 32.3. The van der Waals surface area contributed by atoms with Crippen LogP contribution in [0.4, 0.5) is 15.8 Å². The molecule has 7 nitrogen and oxygen atoms in total. The molecule has 0 spiro atoms. The van der Waals surface area contributed by atoms with Gasteiger partial charge in [0.05, 0.1) is 16.1 Å². The predicted octanol–water partition coefficient (Wildman–Crippen LogP) is 7.45. The summed E-state index contributed by atoms with van der Waals surface area (Å²) in [5.41, 5.74) is 3.44. The van der Waals surface area contributed by atoms with Crippen LogP contribution in [0.2, 0.25) is 0 Å². The van der Waals surface area contributed by atoms with E-state index in [0.29, 0.717) is 29.1 Å². The van der Waals surface area contributed by atoms with Crippen molar-refractivity contribution in [2.45, 2.75) is 56.5 Å². The second-order valence-corrected chi connectivity index (χ2v) is 12.8. The largest absolute Gasteiger partial charge is 0.478 e. The zero-order chi connectivity index (χ0) is 28.4. The Morgan fingerprint density at radius 3 is 2.45 bits per heavy atom. The fraction of sp³-hybridized carbons (Fsp3) is 0.387. The van der Waals surface area contributed by atoms with Crippen LogP contribution in [0, 0.1) is 5.82 Å². The van der Waals surface area contributed by atoms with Gasteiger partial charge in [-0.3, -0.25) is 14.0 Å². The van der Waals surface area contributed by atoms with Gasteiger partial charge in [-0.15, -0.1) is 10.8 Å². The highest BCUT2D eigenvalue weighted by Crippen LogP contribution is 2.59. The van der Waals surface area contributed by atoms with Crippen LogP contribution in [0.25, 0.3) is 11.1 Å². The number of aromatic carboxylic acids is 1. The molecule has 0 aliphatic carbocycles. The Bertz CT molecular complexity index is 1360. The highest BCUT2D eigenvalue weighted by molar-refractivity contribution is 8.22. The van der Waals surface area contributed by atoms with E-state index >= 15 is 0 Å². The summed E-state index contributed by atoms with van der Waals surface area (Å²) in [7, 11) is -1.63. The van der Waals surface area contributed by atoms with Crippen LogP contribution >= 0.6 is 10.8 Å². The molecule has 2 aliphatic heterocycles. The molecular formula is C31H38FN3O4S. The van der Waals surface area contributed by atoms with Crippen molar-refractivity contribution < 1.29 is 23.4 Å². The summed E-state index contributed by atoms with van der Waals surface area (Å²) in [5, 5.41) is 9.61. The fourth-order valence-corrected chi connectivity index (χ4v) is 7.46. The lowest BCUT2D eigenvalue weighted by Gasteiger charge is -2.43. The second kappa shape index (κ2) is 11.9. The van der Waals surface area contributed by atoms with Crippen LogP contribution in [0.5, 0.6) is 0 Å². The zero-order valence-corrected chi connectivity index (χ0v) is 23.9. The van der Waals surface area contributed by atoms with Crippen LogP contribution in [0.15, 0.2) is 65.6 Å². The lowest BCUT2D eigenvalue weighted by molar-refractivity contribution is 0.0692. The van der Waals surface area contributed by atoms with Crippen molar-refractivity contribution in [1.82, 2.24) is 9.21 Å². The minimum absolute atomic E-state index is 0.104. The molecule has 3 aromatic carbocycles. The third-order valence-electron chi connectivity index (χ3n) is 8.14. The molecular weight excluding hydrogens is 529 g/mol. The molecule has 0 amide bonds. The van der Waals surface area contributed by atoms with Gasteiger partial charge in [-0.1, -0.05) is 44.0 Å². The number of para-hydroxylation sites is 1. The first-order chi connectivity index (χ1) is 19.2. The predicted molar refractivity (Wildman–Crippen MR) is 159 cm³/mol. The third-order valence-corrected chi connectivity index (χ3v) is 10.2. The Kier molecular flexibility index (Phi) is 8.49. The van der Waals surface area contributed by atoms with E-state index in [1.807, 2.05) is 36.4 Å². The molecule has 0 radical (unpaired) electrons. The van der Waals surface area contributed by atoms with Gasteiger partial charge in [0.15, 0.2) is 0 Å². The molecule has 0 bridgehead atoms. The van der Waals surface area contributed by atoms with Gasteiger partial charge in [0, 0.05) is 31.9 Å². The SMILES string of the molecule is CCCCC1CN(c2ccccc2)c2cc(CN3CCCC3)c(-c3ccc(F)c(C(=O)O)c3)cc2S(O)(O)N1C. The minimum Gasteiger partial charge on any atom is -0.478 e. The van der Waals surface area contributed by atoms with Gasteiger partial charge in [-0.2, -0.15) is 0 Å². The molecule has 0 saturated carbocycles. The van der Waals surface area contributed by atoms with Crippen LogP contribution in [-0.2, 0) is 6.54 Å². The Balaban J connectivity index is 1.74. The van der Waals surface area contributed by atoms with Crippen molar-refractivity contribution in [1.29, 1.82) is 0 Å². The monoisotopic (exact) mass is 567 g/mol. The summed E-state index contributed by atoms with van der Waals surface area (Å²) in [6.45, 7) is 5.26. The summed E-state index contributed by atoms with van der Waals surface area (Å²) in [6, 6.07) is 17.8. The lowest BCUT2D eigenvalue weighted by Crippen LogP contribution is -2.39. The Labute approximate surface area is 237 Å². The quantitative estimate of drug-likeness (QED) is 0.261. The molecule has 0 aromatic heterocycles. The summed E-state index contributed by atoms with van der Waals surface area (Å²) in [6.07, 6.45) is 5.00. The molecule has 1 unspecified atom stereocenters. The van der Waals surface area contributed by atoms with Crippen molar-refractivity contribution >= 4 is 28.1 Å².